The molecule has 21 heavy (non-hydrogen) atoms. The van der Waals surface area contributed by atoms with Gasteiger partial charge in [0.2, 0.25) is 5.79 Å². The Morgan fingerprint density at radius 2 is 1.67 bits per heavy atom. The molecule has 0 saturated carbocycles. The van der Waals surface area contributed by atoms with E-state index in [1.165, 1.54) is 0 Å². The van der Waals surface area contributed by atoms with E-state index in [0.717, 1.165) is 5.56 Å². The zero-order valence-corrected chi connectivity index (χ0v) is 11.1. The van der Waals surface area contributed by atoms with Crippen LogP contribution < -0.4 is 0 Å². The van der Waals surface area contributed by atoms with Crippen LogP contribution in [0.4, 0.5) is 0 Å². The smallest absolute Gasteiger partial charge is 0.341 e. The molecule has 2 aromatic carbocycles. The van der Waals surface area contributed by atoms with Crippen LogP contribution in [0.15, 0.2) is 48.5 Å². The molecule has 0 amide bonds. The molecule has 0 saturated heterocycles. The van der Waals surface area contributed by atoms with Crippen molar-refractivity contribution in [3.05, 3.63) is 70.8 Å². The van der Waals surface area contributed by atoms with Gasteiger partial charge in [-0.1, -0.05) is 42.5 Å². The Bertz CT molecular complexity index is 780. The van der Waals surface area contributed by atoms with Gasteiger partial charge in [-0.05, 0) is 18.1 Å². The third-order valence-electron chi connectivity index (χ3n) is 4.28. The second kappa shape index (κ2) is 4.02. The van der Waals surface area contributed by atoms with Crippen LogP contribution in [0.2, 0.25) is 0 Å². The van der Waals surface area contributed by atoms with E-state index in [2.05, 4.69) is 0 Å². The number of esters is 1. The highest BCUT2D eigenvalue weighted by atomic mass is 16.7. The first-order chi connectivity index (χ1) is 10.1. The Kier molecular flexibility index (Phi) is 2.35. The average molecular weight is 280 g/mol. The van der Waals surface area contributed by atoms with Crippen LogP contribution in [0.1, 0.15) is 31.8 Å². The third-order valence-corrected chi connectivity index (χ3v) is 4.28. The van der Waals surface area contributed by atoms with Crippen molar-refractivity contribution in [2.75, 3.05) is 0 Å². The maximum absolute atomic E-state index is 12.6. The summed E-state index contributed by atoms with van der Waals surface area (Å²) in [5.41, 5.74) is 2.17. The molecule has 2 aromatic rings. The monoisotopic (exact) mass is 280 g/mol. The van der Waals surface area contributed by atoms with Crippen LogP contribution in [0, 0.1) is 5.92 Å². The zero-order valence-electron chi connectivity index (χ0n) is 11.1. The standard InChI is InChI=1S/C17H12O4/c18-15-11-6-2-1-5-10(11)9-14(15)17(20)13-8-4-3-7-12(13)16(19)21-17/h1-8,14,20H,9H2. The SMILES string of the molecule is O=C1OC(O)(C2Cc3ccccc3C2=O)c2ccccc21. The van der Waals surface area contributed by atoms with Gasteiger partial charge in [-0.15, -0.1) is 0 Å². The van der Waals surface area contributed by atoms with E-state index in [4.69, 9.17) is 4.74 Å². The van der Waals surface area contributed by atoms with Crippen molar-refractivity contribution < 1.29 is 19.4 Å². The van der Waals surface area contributed by atoms with Crippen molar-refractivity contribution >= 4 is 11.8 Å². The van der Waals surface area contributed by atoms with Gasteiger partial charge >= 0.3 is 5.97 Å². The number of ether oxygens (including phenoxy) is 1. The van der Waals surface area contributed by atoms with Gasteiger partial charge in [0.15, 0.2) is 5.78 Å². The van der Waals surface area contributed by atoms with Gasteiger partial charge in [-0.2, -0.15) is 0 Å². The van der Waals surface area contributed by atoms with Gasteiger partial charge in [0.25, 0.3) is 0 Å². The molecule has 2 aliphatic rings. The molecule has 0 spiro atoms. The number of Topliss-reactive ketones (excluding diaryl/α,β-unsaturated/α-hetero) is 1. The van der Waals surface area contributed by atoms with Gasteiger partial charge in [0.05, 0.1) is 11.5 Å². The van der Waals surface area contributed by atoms with Crippen molar-refractivity contribution in [3.63, 3.8) is 0 Å². The summed E-state index contributed by atoms with van der Waals surface area (Å²) in [6, 6.07) is 13.9. The summed E-state index contributed by atoms with van der Waals surface area (Å²) in [6.45, 7) is 0. The van der Waals surface area contributed by atoms with Gasteiger partial charge in [-0.3, -0.25) is 4.79 Å². The lowest BCUT2D eigenvalue weighted by Crippen LogP contribution is -2.38. The van der Waals surface area contributed by atoms with Crippen LogP contribution in [-0.2, 0) is 16.9 Å². The van der Waals surface area contributed by atoms with E-state index in [1.54, 1.807) is 36.4 Å². The van der Waals surface area contributed by atoms with E-state index in [9.17, 15) is 14.7 Å². The zero-order chi connectivity index (χ0) is 14.6. The number of hydrogen-bond acceptors (Lipinski definition) is 4. The lowest BCUT2D eigenvalue weighted by atomic mass is 9.88. The second-order valence-electron chi connectivity index (χ2n) is 5.41. The highest BCUT2D eigenvalue weighted by molar-refractivity contribution is 6.04. The number of aliphatic hydroxyl groups is 1. The number of carbonyl (C=O) groups is 2. The number of fused-ring (bicyclic) bond motifs is 2. The highest BCUT2D eigenvalue weighted by Gasteiger charge is 2.54. The highest BCUT2D eigenvalue weighted by Crippen LogP contribution is 2.45. The summed E-state index contributed by atoms with van der Waals surface area (Å²) in [4.78, 5) is 24.5. The van der Waals surface area contributed by atoms with E-state index in [1.807, 2.05) is 12.1 Å². The van der Waals surface area contributed by atoms with Crippen LogP contribution in [-0.4, -0.2) is 16.9 Å². The topological polar surface area (TPSA) is 63.6 Å². The first kappa shape index (κ1) is 12.3. The van der Waals surface area contributed by atoms with E-state index in [-0.39, 0.29) is 5.78 Å². The minimum atomic E-state index is -1.87. The quantitative estimate of drug-likeness (QED) is 0.812. The van der Waals surface area contributed by atoms with Crippen molar-refractivity contribution in [1.29, 1.82) is 0 Å². The molecule has 1 N–H and O–H groups in total. The van der Waals surface area contributed by atoms with Gasteiger partial charge in [0.1, 0.15) is 0 Å². The Labute approximate surface area is 121 Å². The van der Waals surface area contributed by atoms with Crippen LogP contribution in [0.3, 0.4) is 0 Å². The number of benzene rings is 2. The molecule has 0 aromatic heterocycles. The fraction of sp³-hybridized carbons (Fsp3) is 0.176. The minimum Gasteiger partial charge on any atom is -0.424 e. The molecule has 1 heterocycles. The van der Waals surface area contributed by atoms with Gasteiger partial charge < -0.3 is 9.84 Å². The molecule has 2 atom stereocenters. The molecule has 104 valence electrons. The summed E-state index contributed by atoms with van der Waals surface area (Å²) in [5, 5.41) is 10.9. The predicted octanol–water partition coefficient (Wildman–Crippen LogP) is 2.06. The number of carbonyl (C=O) groups excluding carboxylic acids is 2. The van der Waals surface area contributed by atoms with E-state index in [0.29, 0.717) is 23.1 Å². The summed E-state index contributed by atoms with van der Waals surface area (Å²) in [5.74, 6) is -3.43. The Morgan fingerprint density at radius 3 is 2.43 bits per heavy atom. The summed E-state index contributed by atoms with van der Waals surface area (Å²) in [7, 11) is 0. The minimum absolute atomic E-state index is 0.183. The van der Waals surface area contributed by atoms with Crippen LogP contribution in [0.25, 0.3) is 0 Å². The lowest BCUT2D eigenvalue weighted by Gasteiger charge is -2.27. The molecule has 4 nitrogen and oxygen atoms in total. The van der Waals surface area contributed by atoms with Crippen molar-refractivity contribution in [2.24, 2.45) is 5.92 Å². The fourth-order valence-corrected chi connectivity index (χ4v) is 3.24. The van der Waals surface area contributed by atoms with Gasteiger partial charge in [0, 0.05) is 11.1 Å². The maximum Gasteiger partial charge on any atom is 0.341 e. The first-order valence-corrected chi connectivity index (χ1v) is 6.78. The largest absolute Gasteiger partial charge is 0.424 e. The molecule has 4 rings (SSSR count). The molecular weight excluding hydrogens is 268 g/mol. The van der Waals surface area contributed by atoms with Crippen molar-refractivity contribution in [2.45, 2.75) is 12.2 Å². The molecule has 0 fully saturated rings. The molecule has 0 radical (unpaired) electrons. The maximum atomic E-state index is 12.6. The number of cyclic esters (lactones) is 1. The summed E-state index contributed by atoms with van der Waals surface area (Å²) in [6.07, 6.45) is 0.368. The van der Waals surface area contributed by atoms with Crippen LogP contribution >= 0.6 is 0 Å². The Balaban J connectivity index is 1.83. The third kappa shape index (κ3) is 1.53. The second-order valence-corrected chi connectivity index (χ2v) is 5.41. The molecule has 1 aliphatic carbocycles. The fourth-order valence-electron chi connectivity index (χ4n) is 3.24. The molecule has 0 bridgehead atoms. The molecular formula is C17H12O4. The molecule has 2 unspecified atom stereocenters. The predicted molar refractivity (Wildman–Crippen MR) is 73.7 cm³/mol. The lowest BCUT2D eigenvalue weighted by molar-refractivity contribution is -0.187. The van der Waals surface area contributed by atoms with Crippen LogP contribution in [0.5, 0.6) is 0 Å². The Morgan fingerprint density at radius 1 is 1.00 bits per heavy atom. The first-order valence-electron chi connectivity index (χ1n) is 6.78. The summed E-state index contributed by atoms with van der Waals surface area (Å²) < 4.78 is 5.20. The van der Waals surface area contributed by atoms with E-state index >= 15 is 0 Å². The Hall–Kier alpha value is -2.46. The van der Waals surface area contributed by atoms with Crippen molar-refractivity contribution in [3.8, 4) is 0 Å². The number of rotatable bonds is 1. The number of hydrogen-bond donors (Lipinski definition) is 1. The molecule has 1 aliphatic heterocycles. The summed E-state index contributed by atoms with van der Waals surface area (Å²) >= 11 is 0. The van der Waals surface area contributed by atoms with Gasteiger partial charge in [-0.25, -0.2) is 4.79 Å². The average Bonchev–Trinajstić information content (AvgIpc) is 2.97. The number of ketones is 1. The van der Waals surface area contributed by atoms with E-state index < -0.39 is 17.7 Å². The normalized spacial score (nSPS) is 26.4. The molecule has 4 heteroatoms. The van der Waals surface area contributed by atoms with Crippen molar-refractivity contribution in [1.82, 2.24) is 0 Å².